The average Bonchev–Trinajstić information content (AvgIpc) is 2.64. The molecule has 2 aliphatic heterocycles. The Morgan fingerprint density at radius 2 is 2.15 bits per heavy atom. The van der Waals surface area contributed by atoms with Crippen LogP contribution in [0, 0.1) is 5.92 Å². The molecule has 2 amide bonds. The monoisotopic (exact) mass is 282 g/mol. The quantitative estimate of drug-likeness (QED) is 0.735. The van der Waals surface area contributed by atoms with Crippen molar-refractivity contribution < 1.29 is 9.59 Å². The van der Waals surface area contributed by atoms with Gasteiger partial charge in [0.1, 0.15) is 0 Å². The van der Waals surface area contributed by atoms with E-state index in [0.717, 1.165) is 45.7 Å². The van der Waals surface area contributed by atoms with E-state index in [0.29, 0.717) is 13.0 Å². The minimum absolute atomic E-state index is 0.123. The summed E-state index contributed by atoms with van der Waals surface area (Å²) < 4.78 is 0. The number of nitrogens with zero attached hydrogens (tertiary/aromatic N) is 3. The van der Waals surface area contributed by atoms with Crippen LogP contribution in [0.2, 0.25) is 0 Å². The van der Waals surface area contributed by atoms with Crippen molar-refractivity contribution >= 4 is 11.8 Å². The number of nitrogens with one attached hydrogen (secondary N) is 1. The van der Waals surface area contributed by atoms with Gasteiger partial charge in [0, 0.05) is 45.7 Å². The SMILES string of the molecule is CN(C)CCN1C[C@@H](C(=O)N2CCCNCC2)CC1=O. The average molecular weight is 282 g/mol. The Morgan fingerprint density at radius 3 is 2.90 bits per heavy atom. The van der Waals surface area contributed by atoms with Gasteiger partial charge in [-0.2, -0.15) is 0 Å². The van der Waals surface area contributed by atoms with Gasteiger partial charge in [0.25, 0.3) is 0 Å². The van der Waals surface area contributed by atoms with Crippen LogP contribution in [0.25, 0.3) is 0 Å². The second-order valence-corrected chi connectivity index (χ2v) is 5.97. The zero-order chi connectivity index (χ0) is 14.5. The standard InChI is InChI=1S/C14H26N4O2/c1-16(2)8-9-18-11-12(10-13(18)19)14(20)17-6-3-4-15-5-7-17/h12,15H,3-11H2,1-2H3/t12-/m0/s1. The Bertz CT molecular complexity index is 351. The highest BCUT2D eigenvalue weighted by Gasteiger charge is 2.36. The van der Waals surface area contributed by atoms with Gasteiger partial charge in [-0.3, -0.25) is 9.59 Å². The van der Waals surface area contributed by atoms with Crippen molar-refractivity contribution in [1.82, 2.24) is 20.0 Å². The van der Waals surface area contributed by atoms with Crippen LogP contribution in [0.1, 0.15) is 12.8 Å². The van der Waals surface area contributed by atoms with Gasteiger partial charge in [-0.1, -0.05) is 0 Å². The normalized spacial score (nSPS) is 24.4. The number of likely N-dealkylation sites (tertiary alicyclic amines) is 1. The van der Waals surface area contributed by atoms with E-state index >= 15 is 0 Å². The molecule has 114 valence electrons. The van der Waals surface area contributed by atoms with Gasteiger partial charge in [-0.05, 0) is 27.1 Å². The minimum Gasteiger partial charge on any atom is -0.341 e. The third-order valence-electron chi connectivity index (χ3n) is 4.03. The molecule has 0 radical (unpaired) electrons. The Kier molecular flexibility index (Phi) is 5.37. The van der Waals surface area contributed by atoms with E-state index in [4.69, 9.17) is 0 Å². The van der Waals surface area contributed by atoms with Crippen LogP contribution in [0.5, 0.6) is 0 Å². The summed E-state index contributed by atoms with van der Waals surface area (Å²) in [5.74, 6) is 0.148. The van der Waals surface area contributed by atoms with E-state index in [2.05, 4.69) is 10.2 Å². The highest BCUT2D eigenvalue weighted by Crippen LogP contribution is 2.20. The second-order valence-electron chi connectivity index (χ2n) is 5.97. The first kappa shape index (κ1) is 15.3. The summed E-state index contributed by atoms with van der Waals surface area (Å²) in [6.07, 6.45) is 1.38. The number of rotatable bonds is 4. The second kappa shape index (κ2) is 7.04. The first-order valence-electron chi connectivity index (χ1n) is 7.50. The fourth-order valence-corrected chi connectivity index (χ4v) is 2.80. The zero-order valence-corrected chi connectivity index (χ0v) is 12.6. The number of hydrogen-bond donors (Lipinski definition) is 1. The van der Waals surface area contributed by atoms with E-state index < -0.39 is 0 Å². The molecule has 6 heteroatoms. The molecular weight excluding hydrogens is 256 g/mol. The van der Waals surface area contributed by atoms with Gasteiger partial charge in [0.05, 0.1) is 5.92 Å². The van der Waals surface area contributed by atoms with Crippen molar-refractivity contribution in [3.05, 3.63) is 0 Å². The van der Waals surface area contributed by atoms with Crippen molar-refractivity contribution in [2.45, 2.75) is 12.8 Å². The minimum atomic E-state index is -0.136. The Labute approximate surface area is 121 Å². The molecular formula is C14H26N4O2. The van der Waals surface area contributed by atoms with Crippen molar-refractivity contribution in [2.75, 3.05) is 59.9 Å². The smallest absolute Gasteiger partial charge is 0.228 e. The van der Waals surface area contributed by atoms with E-state index in [1.165, 1.54) is 0 Å². The third kappa shape index (κ3) is 3.93. The van der Waals surface area contributed by atoms with Crippen LogP contribution in [-0.4, -0.2) is 86.4 Å². The molecule has 0 aliphatic carbocycles. The lowest BCUT2D eigenvalue weighted by Crippen LogP contribution is -2.40. The molecule has 0 aromatic carbocycles. The molecule has 2 aliphatic rings. The summed E-state index contributed by atoms with van der Waals surface area (Å²) in [5, 5.41) is 3.30. The van der Waals surface area contributed by atoms with E-state index in [-0.39, 0.29) is 17.7 Å². The van der Waals surface area contributed by atoms with E-state index in [1.807, 2.05) is 23.9 Å². The predicted octanol–water partition coefficient (Wildman–Crippen LogP) is -0.782. The summed E-state index contributed by atoms with van der Waals surface area (Å²) in [7, 11) is 3.99. The molecule has 6 nitrogen and oxygen atoms in total. The maximum Gasteiger partial charge on any atom is 0.228 e. The fourth-order valence-electron chi connectivity index (χ4n) is 2.80. The number of carbonyl (C=O) groups is 2. The topological polar surface area (TPSA) is 55.9 Å². The zero-order valence-electron chi connectivity index (χ0n) is 12.6. The van der Waals surface area contributed by atoms with Gasteiger partial charge in [-0.15, -0.1) is 0 Å². The lowest BCUT2D eigenvalue weighted by Gasteiger charge is -2.24. The van der Waals surface area contributed by atoms with Gasteiger partial charge in [-0.25, -0.2) is 0 Å². The number of amides is 2. The number of likely N-dealkylation sites (N-methyl/N-ethyl adjacent to an activating group) is 1. The molecule has 0 spiro atoms. The van der Waals surface area contributed by atoms with Gasteiger partial charge < -0.3 is 20.0 Å². The van der Waals surface area contributed by atoms with Crippen LogP contribution in [-0.2, 0) is 9.59 Å². The van der Waals surface area contributed by atoms with Crippen LogP contribution >= 0.6 is 0 Å². The Hall–Kier alpha value is -1.14. The van der Waals surface area contributed by atoms with Crippen LogP contribution < -0.4 is 5.32 Å². The third-order valence-corrected chi connectivity index (χ3v) is 4.03. The lowest BCUT2D eigenvalue weighted by atomic mass is 10.1. The first-order valence-corrected chi connectivity index (χ1v) is 7.50. The highest BCUT2D eigenvalue weighted by atomic mass is 16.2. The highest BCUT2D eigenvalue weighted by molar-refractivity contribution is 5.89. The summed E-state index contributed by atoms with van der Waals surface area (Å²) in [4.78, 5) is 30.3. The molecule has 2 heterocycles. The van der Waals surface area contributed by atoms with Crippen LogP contribution in [0.3, 0.4) is 0 Å². The van der Waals surface area contributed by atoms with E-state index in [1.54, 1.807) is 0 Å². The maximum absolute atomic E-state index is 12.5. The van der Waals surface area contributed by atoms with Gasteiger partial charge in [0.2, 0.25) is 11.8 Å². The molecule has 1 atom stereocenters. The predicted molar refractivity (Wildman–Crippen MR) is 77.3 cm³/mol. The summed E-state index contributed by atoms with van der Waals surface area (Å²) >= 11 is 0. The first-order chi connectivity index (χ1) is 9.58. The molecule has 2 rings (SSSR count). The molecule has 20 heavy (non-hydrogen) atoms. The van der Waals surface area contributed by atoms with E-state index in [9.17, 15) is 9.59 Å². The molecule has 2 fully saturated rings. The molecule has 0 aromatic rings. The lowest BCUT2D eigenvalue weighted by molar-refractivity contribution is -0.135. The van der Waals surface area contributed by atoms with Crippen molar-refractivity contribution in [3.63, 3.8) is 0 Å². The molecule has 0 aromatic heterocycles. The fraction of sp³-hybridized carbons (Fsp3) is 0.857. The van der Waals surface area contributed by atoms with Crippen LogP contribution in [0.15, 0.2) is 0 Å². The molecule has 1 N–H and O–H groups in total. The van der Waals surface area contributed by atoms with Gasteiger partial charge in [0.15, 0.2) is 0 Å². The van der Waals surface area contributed by atoms with Crippen LogP contribution in [0.4, 0.5) is 0 Å². The number of carbonyl (C=O) groups excluding carboxylic acids is 2. The molecule has 2 saturated heterocycles. The Morgan fingerprint density at radius 1 is 1.35 bits per heavy atom. The Balaban J connectivity index is 1.86. The molecule has 0 unspecified atom stereocenters. The van der Waals surface area contributed by atoms with Crippen molar-refractivity contribution in [3.8, 4) is 0 Å². The van der Waals surface area contributed by atoms with Gasteiger partial charge >= 0.3 is 0 Å². The van der Waals surface area contributed by atoms with Crippen molar-refractivity contribution in [1.29, 1.82) is 0 Å². The molecule has 0 bridgehead atoms. The maximum atomic E-state index is 12.5. The summed E-state index contributed by atoms with van der Waals surface area (Å²) in [6.45, 7) is 5.57. The molecule has 0 saturated carbocycles. The largest absolute Gasteiger partial charge is 0.341 e. The summed E-state index contributed by atoms with van der Waals surface area (Å²) in [5.41, 5.74) is 0. The number of hydrogen-bond acceptors (Lipinski definition) is 4. The summed E-state index contributed by atoms with van der Waals surface area (Å²) in [6, 6.07) is 0. The van der Waals surface area contributed by atoms with Crippen molar-refractivity contribution in [2.24, 2.45) is 5.92 Å².